The van der Waals surface area contributed by atoms with Gasteiger partial charge < -0.3 is 9.64 Å². The molecule has 0 N–H and O–H groups in total. The Morgan fingerprint density at radius 3 is 2.35 bits per heavy atom. The van der Waals surface area contributed by atoms with Gasteiger partial charge in [0.05, 0.1) is 5.41 Å². The van der Waals surface area contributed by atoms with Gasteiger partial charge in [0.1, 0.15) is 6.10 Å². The maximum atomic E-state index is 11.7. The number of carbonyl (C=O) groups excluding carboxylic acids is 1. The van der Waals surface area contributed by atoms with Gasteiger partial charge >= 0.3 is 5.97 Å². The van der Waals surface area contributed by atoms with Gasteiger partial charge in [0.25, 0.3) is 0 Å². The molecule has 0 aliphatic carbocycles. The standard InChI is InChI=1S/C19H28N2O2/c1-15-4-6-16(7-5-15)21-12-10-20(11-13-21)9-8-17-14-19(2,3)18(22)23-17/h4-7,17H,8-14H2,1-3H3. The van der Waals surface area contributed by atoms with E-state index in [-0.39, 0.29) is 17.5 Å². The van der Waals surface area contributed by atoms with Crippen LogP contribution in [0.1, 0.15) is 32.3 Å². The summed E-state index contributed by atoms with van der Waals surface area (Å²) >= 11 is 0. The van der Waals surface area contributed by atoms with E-state index in [4.69, 9.17) is 4.74 Å². The van der Waals surface area contributed by atoms with Gasteiger partial charge in [-0.1, -0.05) is 17.7 Å². The first-order valence-corrected chi connectivity index (χ1v) is 8.69. The minimum Gasteiger partial charge on any atom is -0.462 e. The van der Waals surface area contributed by atoms with Crippen LogP contribution in [0.4, 0.5) is 5.69 Å². The Balaban J connectivity index is 1.43. The van der Waals surface area contributed by atoms with Gasteiger partial charge in [-0.2, -0.15) is 0 Å². The number of ether oxygens (including phenoxy) is 1. The quantitative estimate of drug-likeness (QED) is 0.800. The summed E-state index contributed by atoms with van der Waals surface area (Å²) < 4.78 is 5.49. The van der Waals surface area contributed by atoms with Gasteiger partial charge in [-0.05, 0) is 45.7 Å². The Labute approximate surface area is 139 Å². The van der Waals surface area contributed by atoms with E-state index < -0.39 is 0 Å². The fourth-order valence-corrected chi connectivity index (χ4v) is 3.48. The lowest BCUT2D eigenvalue weighted by Gasteiger charge is -2.36. The second-order valence-electron chi connectivity index (χ2n) is 7.57. The highest BCUT2D eigenvalue weighted by Crippen LogP contribution is 2.34. The van der Waals surface area contributed by atoms with Crippen LogP contribution >= 0.6 is 0 Å². The van der Waals surface area contributed by atoms with Gasteiger partial charge in [0, 0.05) is 38.4 Å². The van der Waals surface area contributed by atoms with Crippen molar-refractivity contribution in [1.29, 1.82) is 0 Å². The zero-order chi connectivity index (χ0) is 16.4. The first kappa shape index (κ1) is 16.3. The molecule has 1 aromatic rings. The normalized spacial score (nSPS) is 24.7. The number of anilines is 1. The third-order valence-electron chi connectivity index (χ3n) is 5.10. The van der Waals surface area contributed by atoms with Crippen LogP contribution in [0, 0.1) is 12.3 Å². The second kappa shape index (κ2) is 6.52. The molecule has 0 saturated carbocycles. The van der Waals surface area contributed by atoms with E-state index in [1.54, 1.807) is 0 Å². The van der Waals surface area contributed by atoms with Crippen molar-refractivity contribution in [2.75, 3.05) is 37.6 Å². The first-order valence-electron chi connectivity index (χ1n) is 8.69. The topological polar surface area (TPSA) is 32.8 Å². The SMILES string of the molecule is Cc1ccc(N2CCN(CCC3CC(C)(C)C(=O)O3)CC2)cc1. The predicted octanol–water partition coefficient (Wildman–Crippen LogP) is 2.85. The summed E-state index contributed by atoms with van der Waals surface area (Å²) in [6.07, 6.45) is 1.92. The molecular weight excluding hydrogens is 288 g/mol. The maximum Gasteiger partial charge on any atom is 0.311 e. The summed E-state index contributed by atoms with van der Waals surface area (Å²) in [4.78, 5) is 16.7. The Hall–Kier alpha value is -1.55. The molecule has 2 aliphatic heterocycles. The molecule has 2 fully saturated rings. The van der Waals surface area contributed by atoms with E-state index in [2.05, 4.69) is 41.0 Å². The van der Waals surface area contributed by atoms with E-state index in [9.17, 15) is 4.79 Å². The number of hydrogen-bond acceptors (Lipinski definition) is 4. The van der Waals surface area contributed by atoms with Crippen LogP contribution in [0.5, 0.6) is 0 Å². The lowest BCUT2D eigenvalue weighted by Crippen LogP contribution is -2.47. The Bertz CT molecular complexity index is 545. The molecule has 23 heavy (non-hydrogen) atoms. The average Bonchev–Trinajstić information content (AvgIpc) is 2.79. The van der Waals surface area contributed by atoms with Crippen LogP contribution in [0.25, 0.3) is 0 Å². The number of aryl methyl sites for hydroxylation is 1. The Morgan fingerprint density at radius 2 is 1.78 bits per heavy atom. The molecule has 1 unspecified atom stereocenters. The van der Waals surface area contributed by atoms with Crippen molar-refractivity contribution >= 4 is 11.7 Å². The molecule has 3 rings (SSSR count). The lowest BCUT2D eigenvalue weighted by atomic mass is 9.89. The molecule has 126 valence electrons. The highest BCUT2D eigenvalue weighted by Gasteiger charge is 2.41. The molecule has 0 aromatic heterocycles. The van der Waals surface area contributed by atoms with Crippen molar-refractivity contribution < 1.29 is 9.53 Å². The van der Waals surface area contributed by atoms with Gasteiger partial charge in [-0.3, -0.25) is 9.69 Å². The van der Waals surface area contributed by atoms with Crippen LogP contribution in [0.3, 0.4) is 0 Å². The molecule has 0 amide bonds. The van der Waals surface area contributed by atoms with Gasteiger partial charge in [-0.25, -0.2) is 0 Å². The van der Waals surface area contributed by atoms with Crippen LogP contribution < -0.4 is 4.90 Å². The highest BCUT2D eigenvalue weighted by molar-refractivity contribution is 5.78. The fourth-order valence-electron chi connectivity index (χ4n) is 3.48. The molecule has 2 heterocycles. The van der Waals surface area contributed by atoms with Crippen molar-refractivity contribution in [3.05, 3.63) is 29.8 Å². The Kier molecular flexibility index (Phi) is 4.62. The van der Waals surface area contributed by atoms with Crippen LogP contribution in [-0.4, -0.2) is 49.7 Å². The number of cyclic esters (lactones) is 1. The number of hydrogen-bond donors (Lipinski definition) is 0. The van der Waals surface area contributed by atoms with Crippen LogP contribution in [0.15, 0.2) is 24.3 Å². The predicted molar refractivity (Wildman–Crippen MR) is 92.7 cm³/mol. The molecule has 1 atom stereocenters. The summed E-state index contributed by atoms with van der Waals surface area (Å²) in [5.41, 5.74) is 2.33. The average molecular weight is 316 g/mol. The number of carbonyl (C=O) groups is 1. The smallest absolute Gasteiger partial charge is 0.311 e. The van der Waals surface area contributed by atoms with E-state index in [1.807, 2.05) is 13.8 Å². The molecule has 1 aromatic carbocycles. The number of benzene rings is 1. The molecule has 2 saturated heterocycles. The third-order valence-corrected chi connectivity index (χ3v) is 5.10. The van der Waals surface area contributed by atoms with Gasteiger partial charge in [0.2, 0.25) is 0 Å². The largest absolute Gasteiger partial charge is 0.462 e. The van der Waals surface area contributed by atoms with E-state index >= 15 is 0 Å². The number of rotatable bonds is 4. The van der Waals surface area contributed by atoms with E-state index in [0.717, 1.165) is 45.6 Å². The van der Waals surface area contributed by atoms with E-state index in [1.165, 1.54) is 11.3 Å². The molecular formula is C19H28N2O2. The second-order valence-corrected chi connectivity index (χ2v) is 7.57. The summed E-state index contributed by atoms with van der Waals surface area (Å²) in [5, 5.41) is 0. The molecule has 0 bridgehead atoms. The molecule has 4 nitrogen and oxygen atoms in total. The monoisotopic (exact) mass is 316 g/mol. The van der Waals surface area contributed by atoms with Crippen molar-refractivity contribution in [3.63, 3.8) is 0 Å². The Morgan fingerprint density at radius 1 is 1.13 bits per heavy atom. The molecule has 0 spiro atoms. The minimum absolute atomic E-state index is 0.0355. The van der Waals surface area contributed by atoms with Crippen LogP contribution in [-0.2, 0) is 9.53 Å². The van der Waals surface area contributed by atoms with Crippen LogP contribution in [0.2, 0.25) is 0 Å². The van der Waals surface area contributed by atoms with Crippen molar-refractivity contribution in [1.82, 2.24) is 4.90 Å². The molecule has 0 radical (unpaired) electrons. The van der Waals surface area contributed by atoms with Crippen molar-refractivity contribution in [2.45, 2.75) is 39.7 Å². The van der Waals surface area contributed by atoms with E-state index in [0.29, 0.717) is 0 Å². The zero-order valence-corrected chi connectivity index (χ0v) is 14.5. The third kappa shape index (κ3) is 3.86. The molecule has 4 heteroatoms. The summed E-state index contributed by atoms with van der Waals surface area (Å²) in [7, 11) is 0. The first-order chi connectivity index (χ1) is 10.9. The van der Waals surface area contributed by atoms with Gasteiger partial charge in [0.15, 0.2) is 0 Å². The number of piperazine rings is 1. The zero-order valence-electron chi connectivity index (χ0n) is 14.5. The maximum absolute atomic E-state index is 11.7. The van der Waals surface area contributed by atoms with Crippen molar-refractivity contribution in [2.24, 2.45) is 5.41 Å². The number of esters is 1. The lowest BCUT2D eigenvalue weighted by molar-refractivity contribution is -0.147. The fraction of sp³-hybridized carbons (Fsp3) is 0.632. The minimum atomic E-state index is -0.297. The molecule has 2 aliphatic rings. The summed E-state index contributed by atoms with van der Waals surface area (Å²) in [6, 6.07) is 8.78. The highest BCUT2D eigenvalue weighted by atomic mass is 16.6. The summed E-state index contributed by atoms with van der Waals surface area (Å²) in [5.74, 6) is -0.0355. The van der Waals surface area contributed by atoms with Crippen molar-refractivity contribution in [3.8, 4) is 0 Å². The summed E-state index contributed by atoms with van der Waals surface area (Å²) in [6.45, 7) is 11.4. The van der Waals surface area contributed by atoms with Gasteiger partial charge in [-0.15, -0.1) is 0 Å². The number of nitrogens with zero attached hydrogens (tertiary/aromatic N) is 2.